The molecule has 0 aliphatic carbocycles. The molecule has 0 bridgehead atoms. The smallest absolute Gasteiger partial charge is 0.294 e. The fourth-order valence-electron chi connectivity index (χ4n) is 8.68. The molecule has 3 aromatic rings. The van der Waals surface area contributed by atoms with Gasteiger partial charge in [-0.05, 0) is 99.7 Å². The van der Waals surface area contributed by atoms with Gasteiger partial charge in [0.05, 0.1) is 45.1 Å². The van der Waals surface area contributed by atoms with Crippen molar-refractivity contribution in [1.82, 2.24) is 10.3 Å². The molecule has 2 aliphatic rings. The van der Waals surface area contributed by atoms with E-state index in [1.165, 1.54) is 42.6 Å². The molecule has 1 aromatic heterocycles. The molecule has 0 fully saturated rings. The van der Waals surface area contributed by atoms with Crippen LogP contribution in [0, 0.1) is 0 Å². The van der Waals surface area contributed by atoms with Gasteiger partial charge < -0.3 is 15.5 Å². The van der Waals surface area contributed by atoms with Gasteiger partial charge in [-0.15, -0.1) is 0 Å². The third kappa shape index (κ3) is 15.3. The zero-order valence-corrected chi connectivity index (χ0v) is 42.4. The predicted octanol–water partition coefficient (Wildman–Crippen LogP) is 6.19. The summed E-state index contributed by atoms with van der Waals surface area (Å²) in [6.07, 6.45) is 12.1. The summed E-state index contributed by atoms with van der Waals surface area (Å²) in [5, 5.41) is 8.85. The predicted molar refractivity (Wildman–Crippen MR) is 265 cm³/mol. The molecule has 1 atom stereocenters. The van der Waals surface area contributed by atoms with E-state index in [-0.39, 0.29) is 73.5 Å². The Bertz CT molecular complexity index is 3150. The molecule has 71 heavy (non-hydrogen) atoms. The second kappa shape index (κ2) is 23.2. The number of anilines is 2. The Kier molecular flexibility index (Phi) is 18.3. The van der Waals surface area contributed by atoms with Crippen molar-refractivity contribution in [3.8, 4) is 0 Å². The first-order chi connectivity index (χ1) is 33.1. The molecule has 26 heteroatoms. The summed E-state index contributed by atoms with van der Waals surface area (Å²) in [5.41, 5.74) is 11.0. The normalized spacial score (nSPS) is 17.5. The van der Waals surface area contributed by atoms with Crippen molar-refractivity contribution in [2.45, 2.75) is 99.3 Å². The monoisotopic (exact) mass is 1060 g/mol. The first kappa shape index (κ1) is 56.1. The van der Waals surface area contributed by atoms with Gasteiger partial charge in [0.2, 0.25) is 17.5 Å². The minimum Gasteiger partial charge on any atom is -0.356 e. The van der Waals surface area contributed by atoms with E-state index in [0.717, 1.165) is 0 Å². The Labute approximate surface area is 413 Å². The number of hydrogen-bond donors (Lipinski definition) is 6. The van der Waals surface area contributed by atoms with Crippen LogP contribution in [0.2, 0.25) is 0 Å². The quantitative estimate of drug-likeness (QED) is 0.0105. The number of aromatic nitrogens is 1. The molecular formula is C45H57N8O14S4+. The SMILES string of the molecule is CC1(C)C(/C=C/C=C/C=C2/N(CCCS(=O)(=O)O)c3ccc(S(=O)(=O)O)cc3C2(C)CCCCCC(=O)NCCC(=O)Nc2ccc(CN=[N+]=[N-])nc2)=[N+](CCCS(=O)(=O)O)c2ccc(S(=O)(=O)O)cc21. The number of nitrogens with one attached hydrogen (secondary N) is 2. The van der Waals surface area contributed by atoms with Crippen molar-refractivity contribution in [3.05, 3.63) is 118 Å². The fraction of sp³-hybridized carbons (Fsp3) is 0.422. The Morgan fingerprint density at radius 3 is 2.08 bits per heavy atom. The molecule has 2 aromatic carbocycles. The van der Waals surface area contributed by atoms with Crippen LogP contribution in [0.15, 0.2) is 106 Å². The van der Waals surface area contributed by atoms with Gasteiger partial charge in [-0.2, -0.15) is 38.2 Å². The van der Waals surface area contributed by atoms with Crippen LogP contribution in [0.3, 0.4) is 0 Å². The molecule has 1 unspecified atom stereocenters. The van der Waals surface area contributed by atoms with E-state index in [1.54, 1.807) is 47.1 Å². The summed E-state index contributed by atoms with van der Waals surface area (Å²) in [7, 11) is -17.9. The highest BCUT2D eigenvalue weighted by atomic mass is 32.2. The number of unbranched alkanes of at least 4 members (excludes halogenated alkanes) is 2. The number of pyridine rings is 1. The Morgan fingerprint density at radius 2 is 1.45 bits per heavy atom. The Hall–Kier alpha value is -5.83. The zero-order chi connectivity index (χ0) is 52.4. The lowest BCUT2D eigenvalue weighted by Gasteiger charge is -2.30. The van der Waals surface area contributed by atoms with Gasteiger partial charge in [0.15, 0.2) is 5.71 Å². The van der Waals surface area contributed by atoms with Crippen LogP contribution in [-0.4, -0.2) is 110 Å². The summed E-state index contributed by atoms with van der Waals surface area (Å²) in [6, 6.07) is 11.4. The number of nitrogens with zero attached hydrogens (tertiary/aromatic N) is 6. The summed E-state index contributed by atoms with van der Waals surface area (Å²) in [5.74, 6) is -1.71. The molecule has 0 radical (unpaired) electrons. The maximum Gasteiger partial charge on any atom is 0.294 e. The lowest BCUT2D eigenvalue weighted by molar-refractivity contribution is -0.437. The van der Waals surface area contributed by atoms with Crippen molar-refractivity contribution in [2.24, 2.45) is 5.11 Å². The zero-order valence-electron chi connectivity index (χ0n) is 39.2. The van der Waals surface area contributed by atoms with Crippen LogP contribution >= 0.6 is 0 Å². The highest BCUT2D eigenvalue weighted by Crippen LogP contribution is 2.51. The molecule has 5 rings (SSSR count). The van der Waals surface area contributed by atoms with Crippen LogP contribution < -0.4 is 15.5 Å². The molecule has 22 nitrogen and oxygen atoms in total. The standard InChI is InChI=1S/C45H56N8O14S4/c1-44(2)36-28-34(70(62,63)64)17-19-38(36)52(24-10-26-68(56,57)58)40(44)12-6-4-7-13-41-45(3,37-29-35(71(65,66)67)18-20-39(37)53(41)25-11-27-69(59,60)61)22-9-5-8-14-42(54)47-23-21-43(55)50-33-16-15-32(48-30-33)31-49-51-46/h4,6-7,12-13,15-20,28-30H,5,8-11,14,21-27,31H2,1-3H3,(H5-,47,50,54,55,56,57,58,59,60,61,62,63,64,65,66,67)/p+1. The summed E-state index contributed by atoms with van der Waals surface area (Å²) < 4.78 is 136. The topological polar surface area (TPSA) is 344 Å². The van der Waals surface area contributed by atoms with Gasteiger partial charge in [0.1, 0.15) is 6.54 Å². The third-order valence-electron chi connectivity index (χ3n) is 12.1. The first-order valence-corrected chi connectivity index (χ1v) is 28.4. The lowest BCUT2D eigenvalue weighted by Crippen LogP contribution is -2.30. The highest BCUT2D eigenvalue weighted by molar-refractivity contribution is 7.86. The molecule has 0 saturated carbocycles. The van der Waals surface area contributed by atoms with Crippen LogP contribution in [0.4, 0.5) is 17.1 Å². The lowest BCUT2D eigenvalue weighted by atomic mass is 9.77. The van der Waals surface area contributed by atoms with Gasteiger partial charge in [-0.25, -0.2) is 0 Å². The minimum absolute atomic E-state index is 0.000152. The number of azide groups is 1. The number of rotatable bonds is 25. The number of hydrogen-bond acceptors (Lipinski definition) is 13. The molecule has 2 amide bonds. The van der Waals surface area contributed by atoms with Gasteiger partial charge >= 0.3 is 0 Å². The second-order valence-corrected chi connectivity index (χ2v) is 23.7. The van der Waals surface area contributed by atoms with E-state index >= 15 is 0 Å². The number of carbonyl (C=O) groups is 2. The largest absolute Gasteiger partial charge is 0.356 e. The number of amides is 2. The minimum atomic E-state index is -4.66. The van der Waals surface area contributed by atoms with Crippen LogP contribution in [0.5, 0.6) is 0 Å². The van der Waals surface area contributed by atoms with Crippen molar-refractivity contribution >= 4 is 75.1 Å². The average Bonchev–Trinajstić information content (AvgIpc) is 3.62. The van der Waals surface area contributed by atoms with Crippen molar-refractivity contribution in [1.29, 1.82) is 0 Å². The molecular weight excluding hydrogens is 1000 g/mol. The van der Waals surface area contributed by atoms with Crippen LogP contribution in [0.1, 0.15) is 89.0 Å². The van der Waals surface area contributed by atoms with E-state index in [2.05, 4.69) is 25.6 Å². The van der Waals surface area contributed by atoms with Crippen molar-refractivity contribution in [3.63, 3.8) is 0 Å². The van der Waals surface area contributed by atoms with E-state index in [4.69, 9.17) is 5.53 Å². The number of carbonyl (C=O) groups excluding carboxylic acids is 2. The maximum absolute atomic E-state index is 12.7. The number of benzene rings is 2. The van der Waals surface area contributed by atoms with E-state index in [0.29, 0.717) is 71.0 Å². The van der Waals surface area contributed by atoms with Crippen LogP contribution in [0.25, 0.3) is 10.4 Å². The average molecular weight is 1060 g/mol. The summed E-state index contributed by atoms with van der Waals surface area (Å²) in [4.78, 5) is 33.1. The van der Waals surface area contributed by atoms with Gasteiger partial charge in [-0.3, -0.25) is 32.8 Å². The fourth-order valence-corrected chi connectivity index (χ4v) is 10.7. The van der Waals surface area contributed by atoms with Gasteiger partial charge in [0, 0.05) is 77.5 Å². The van der Waals surface area contributed by atoms with Crippen molar-refractivity contribution < 1.29 is 66.0 Å². The summed E-state index contributed by atoms with van der Waals surface area (Å²) in [6.45, 7) is 5.89. The molecule has 2 aliphatic heterocycles. The third-order valence-corrected chi connectivity index (χ3v) is 15.4. The van der Waals surface area contributed by atoms with E-state index in [1.807, 2.05) is 25.7 Å². The summed E-state index contributed by atoms with van der Waals surface area (Å²) >= 11 is 0. The van der Waals surface area contributed by atoms with Gasteiger partial charge in [0.25, 0.3) is 40.5 Å². The maximum atomic E-state index is 12.7. The molecule has 384 valence electrons. The Morgan fingerprint density at radius 1 is 0.789 bits per heavy atom. The molecule has 6 N–H and O–H groups in total. The van der Waals surface area contributed by atoms with E-state index < -0.39 is 62.8 Å². The van der Waals surface area contributed by atoms with E-state index in [9.17, 15) is 61.5 Å². The Balaban J connectivity index is 1.35. The molecule has 3 heterocycles. The molecule has 0 saturated heterocycles. The number of allylic oxidation sites excluding steroid dienone is 6. The first-order valence-electron chi connectivity index (χ1n) is 22.3. The highest BCUT2D eigenvalue weighted by Gasteiger charge is 2.46. The number of fused-ring (bicyclic) bond motifs is 2. The molecule has 0 spiro atoms. The van der Waals surface area contributed by atoms with Gasteiger partial charge in [-0.1, -0.05) is 36.2 Å². The van der Waals surface area contributed by atoms with Crippen LogP contribution in [-0.2, 0) is 67.4 Å². The van der Waals surface area contributed by atoms with Crippen molar-refractivity contribution in [2.75, 3.05) is 41.4 Å². The second-order valence-electron chi connectivity index (χ2n) is 17.7.